The van der Waals surface area contributed by atoms with Crippen molar-refractivity contribution in [1.82, 2.24) is 9.55 Å². The summed E-state index contributed by atoms with van der Waals surface area (Å²) in [6, 6.07) is 40.3. The first kappa shape index (κ1) is 28.2. The van der Waals surface area contributed by atoms with Gasteiger partial charge >= 0.3 is 0 Å². The first-order chi connectivity index (χ1) is 21.6. The quantitative estimate of drug-likeness (QED) is 0.162. The minimum absolute atomic E-state index is 0.114. The van der Waals surface area contributed by atoms with E-state index in [-0.39, 0.29) is 5.41 Å². The fourth-order valence-electron chi connectivity index (χ4n) is 7.37. The Morgan fingerprint density at radius 1 is 0.659 bits per heavy atom. The summed E-state index contributed by atoms with van der Waals surface area (Å²) in [4.78, 5) is 9.74. The van der Waals surface area contributed by atoms with Crippen LogP contribution in [0.5, 0.6) is 0 Å². The third-order valence-electron chi connectivity index (χ3n) is 9.63. The maximum atomic E-state index is 4.99. The fourth-order valence-corrected chi connectivity index (χ4v) is 7.37. The first-order valence-electron chi connectivity index (χ1n) is 16.3. The van der Waals surface area contributed by atoms with E-state index < -0.39 is 0 Å². The van der Waals surface area contributed by atoms with E-state index in [0.717, 1.165) is 19.5 Å². The molecular formula is C40H42N4. The number of hydrogen-bond donors (Lipinski definition) is 0. The molecule has 0 atom stereocenters. The van der Waals surface area contributed by atoms with Gasteiger partial charge in [-0.25, -0.2) is 0 Å². The molecular weight excluding hydrogens is 536 g/mol. The van der Waals surface area contributed by atoms with Gasteiger partial charge < -0.3 is 14.4 Å². The van der Waals surface area contributed by atoms with Gasteiger partial charge in [0, 0.05) is 40.8 Å². The highest BCUT2D eigenvalue weighted by Gasteiger charge is 2.35. The van der Waals surface area contributed by atoms with Crippen LogP contribution in [0.1, 0.15) is 63.6 Å². The Morgan fingerprint density at radius 2 is 1.39 bits per heavy atom. The zero-order valence-electron chi connectivity index (χ0n) is 26.2. The van der Waals surface area contributed by atoms with Crippen molar-refractivity contribution < 1.29 is 0 Å². The molecule has 1 aliphatic rings. The van der Waals surface area contributed by atoms with Crippen molar-refractivity contribution in [3.63, 3.8) is 0 Å². The summed E-state index contributed by atoms with van der Waals surface area (Å²) in [6.07, 6.45) is 8.86. The molecule has 0 spiro atoms. The molecule has 0 bridgehead atoms. The topological polar surface area (TPSA) is 24.3 Å². The maximum absolute atomic E-state index is 4.99. The van der Waals surface area contributed by atoms with E-state index in [2.05, 4.69) is 138 Å². The van der Waals surface area contributed by atoms with Crippen molar-refractivity contribution in [3.8, 4) is 5.69 Å². The molecule has 4 aromatic carbocycles. The molecule has 0 radical (unpaired) electrons. The summed E-state index contributed by atoms with van der Waals surface area (Å²) in [5.41, 5.74) is 9.86. The molecule has 0 N–H and O–H groups in total. The lowest BCUT2D eigenvalue weighted by Gasteiger charge is -2.35. The Morgan fingerprint density at radius 3 is 2.16 bits per heavy atom. The molecule has 222 valence electrons. The number of para-hydroxylation sites is 3. The molecule has 1 aliphatic heterocycles. The minimum Gasteiger partial charge on any atom is -0.355 e. The fraction of sp³-hybridized carbons (Fsp3) is 0.275. The average Bonchev–Trinajstić information content (AvgIpc) is 3.60. The number of aromatic nitrogens is 2. The van der Waals surface area contributed by atoms with E-state index in [1.54, 1.807) is 0 Å². The minimum atomic E-state index is -0.114. The second-order valence-corrected chi connectivity index (χ2v) is 12.4. The third-order valence-corrected chi connectivity index (χ3v) is 9.63. The van der Waals surface area contributed by atoms with Crippen LogP contribution in [0, 0.1) is 0 Å². The summed E-state index contributed by atoms with van der Waals surface area (Å²) in [5.74, 6) is 0. The number of benzene rings is 4. The van der Waals surface area contributed by atoms with Crippen molar-refractivity contribution in [1.29, 1.82) is 0 Å². The van der Waals surface area contributed by atoms with Crippen molar-refractivity contribution in [2.24, 2.45) is 0 Å². The summed E-state index contributed by atoms with van der Waals surface area (Å²) in [5, 5.41) is 2.56. The zero-order chi connectivity index (χ0) is 30.1. The van der Waals surface area contributed by atoms with Crippen LogP contribution in [0.3, 0.4) is 0 Å². The molecule has 0 saturated carbocycles. The molecule has 44 heavy (non-hydrogen) atoms. The van der Waals surface area contributed by atoms with E-state index in [1.165, 1.54) is 81.5 Å². The van der Waals surface area contributed by atoms with Crippen molar-refractivity contribution >= 4 is 38.9 Å². The zero-order valence-corrected chi connectivity index (χ0v) is 26.2. The van der Waals surface area contributed by atoms with Crippen molar-refractivity contribution in [2.45, 2.75) is 57.8 Å². The van der Waals surface area contributed by atoms with E-state index in [1.807, 2.05) is 12.3 Å². The smallest absolute Gasteiger partial charge is 0.0950 e. The van der Waals surface area contributed by atoms with E-state index in [4.69, 9.17) is 4.98 Å². The normalized spacial score (nSPS) is 13.2. The van der Waals surface area contributed by atoms with Gasteiger partial charge in [0.2, 0.25) is 0 Å². The lowest BCUT2D eigenvalue weighted by atomic mass is 9.70. The summed E-state index contributed by atoms with van der Waals surface area (Å²) < 4.78 is 2.48. The molecule has 7 rings (SSSR count). The first-order valence-corrected chi connectivity index (χ1v) is 16.3. The van der Waals surface area contributed by atoms with Gasteiger partial charge in [-0.05, 0) is 73.0 Å². The molecule has 0 saturated heterocycles. The third kappa shape index (κ3) is 4.73. The molecule has 0 aliphatic carbocycles. The van der Waals surface area contributed by atoms with Crippen LogP contribution >= 0.6 is 0 Å². The van der Waals surface area contributed by atoms with Gasteiger partial charge in [-0.15, -0.1) is 0 Å². The van der Waals surface area contributed by atoms with Gasteiger partial charge in [0.05, 0.1) is 34.8 Å². The number of fused-ring (bicyclic) bond motifs is 4. The van der Waals surface area contributed by atoms with Crippen molar-refractivity contribution in [3.05, 3.63) is 127 Å². The number of nitrogens with zero attached hydrogens (tertiary/aromatic N) is 4. The van der Waals surface area contributed by atoms with Crippen LogP contribution in [-0.2, 0) is 5.41 Å². The van der Waals surface area contributed by atoms with Crippen LogP contribution in [0.2, 0.25) is 0 Å². The average molecular weight is 579 g/mol. The SMILES string of the molecule is CCCCC(CCCC)(c1cccc(-n2c3ccccc3c3ccc(N4CN(C)c5ccccc54)cc32)c1)c1ccccn1. The predicted molar refractivity (Wildman–Crippen MR) is 187 cm³/mol. The van der Waals surface area contributed by atoms with Gasteiger partial charge in [0.15, 0.2) is 0 Å². The maximum Gasteiger partial charge on any atom is 0.0950 e. The van der Waals surface area contributed by atoms with E-state index >= 15 is 0 Å². The molecule has 2 aromatic heterocycles. The second-order valence-electron chi connectivity index (χ2n) is 12.4. The largest absolute Gasteiger partial charge is 0.355 e. The van der Waals surface area contributed by atoms with Crippen LogP contribution in [0.4, 0.5) is 17.1 Å². The van der Waals surface area contributed by atoms with Crippen LogP contribution in [0.25, 0.3) is 27.5 Å². The summed E-state index contributed by atoms with van der Waals surface area (Å²) >= 11 is 0. The molecule has 4 nitrogen and oxygen atoms in total. The van der Waals surface area contributed by atoms with Crippen molar-refractivity contribution in [2.75, 3.05) is 23.5 Å². The Kier molecular flexibility index (Phi) is 7.59. The molecule has 0 unspecified atom stereocenters. The Bertz CT molecular complexity index is 1900. The lowest BCUT2D eigenvalue weighted by Crippen LogP contribution is -2.29. The molecule has 4 heteroatoms. The summed E-state index contributed by atoms with van der Waals surface area (Å²) in [7, 11) is 2.17. The Labute approximate surface area is 261 Å². The van der Waals surface area contributed by atoms with Gasteiger partial charge in [0.25, 0.3) is 0 Å². The molecule has 0 amide bonds. The molecule has 0 fully saturated rings. The molecule has 3 heterocycles. The standard InChI is InChI=1S/C40H42N4/c1-4-6-24-40(25-7-5-2,39-21-12-13-26-41-39)30-15-14-16-32(27-30)44-35-18-9-8-17-33(35)34-23-22-31(28-38(34)44)43-29-42(3)36-19-10-11-20-37(36)43/h8-23,26-28H,4-7,24-25,29H2,1-3H3. The lowest BCUT2D eigenvalue weighted by molar-refractivity contribution is 0.396. The van der Waals surface area contributed by atoms with Crippen LogP contribution in [-0.4, -0.2) is 23.3 Å². The Balaban J connectivity index is 1.42. The Hall–Kier alpha value is -4.57. The van der Waals surface area contributed by atoms with E-state index in [9.17, 15) is 0 Å². The number of pyridine rings is 1. The van der Waals surface area contributed by atoms with Gasteiger partial charge in [-0.2, -0.15) is 0 Å². The van der Waals surface area contributed by atoms with Gasteiger partial charge in [-0.3, -0.25) is 4.98 Å². The highest BCUT2D eigenvalue weighted by atomic mass is 15.4. The molecule has 6 aromatic rings. The highest BCUT2D eigenvalue weighted by molar-refractivity contribution is 6.10. The predicted octanol–water partition coefficient (Wildman–Crippen LogP) is 10.4. The number of rotatable bonds is 10. The number of unbranched alkanes of at least 4 members (excludes halogenated alkanes) is 2. The second kappa shape index (κ2) is 11.8. The summed E-state index contributed by atoms with van der Waals surface area (Å²) in [6.45, 7) is 5.43. The van der Waals surface area contributed by atoms with Gasteiger partial charge in [-0.1, -0.05) is 94.1 Å². The highest BCUT2D eigenvalue weighted by Crippen LogP contribution is 2.44. The van der Waals surface area contributed by atoms with Gasteiger partial charge in [0.1, 0.15) is 0 Å². The monoisotopic (exact) mass is 578 g/mol. The van der Waals surface area contributed by atoms with Crippen LogP contribution < -0.4 is 9.80 Å². The van der Waals surface area contributed by atoms with E-state index in [0.29, 0.717) is 0 Å². The van der Waals surface area contributed by atoms with Crippen LogP contribution in [0.15, 0.2) is 115 Å². The number of anilines is 3. The number of hydrogen-bond acceptors (Lipinski definition) is 3.